The minimum absolute atomic E-state index is 0.0426. The van der Waals surface area contributed by atoms with Crippen LogP contribution in [0.4, 0.5) is 5.69 Å². The van der Waals surface area contributed by atoms with Crippen LogP contribution in [0, 0.1) is 5.92 Å². The highest BCUT2D eigenvalue weighted by atomic mass is 16.1. The third-order valence-corrected chi connectivity index (χ3v) is 8.14. The topological polar surface area (TPSA) is 115 Å². The van der Waals surface area contributed by atoms with Gasteiger partial charge in [0.15, 0.2) is 5.82 Å². The quantitative estimate of drug-likeness (QED) is 0.194. The fraction of sp³-hybridized carbons (Fsp3) is 0.265. The molecule has 9 heteroatoms. The number of anilines is 1. The Hall–Kier alpha value is -4.89. The molecule has 0 spiro atoms. The lowest BCUT2D eigenvalue weighted by atomic mass is 10.0. The van der Waals surface area contributed by atoms with Crippen molar-refractivity contribution >= 4 is 33.5 Å². The summed E-state index contributed by atoms with van der Waals surface area (Å²) in [4.78, 5) is 32.2. The van der Waals surface area contributed by atoms with Crippen LogP contribution in [0.15, 0.2) is 73.3 Å². The summed E-state index contributed by atoms with van der Waals surface area (Å²) in [5.74, 6) is 0.517. The van der Waals surface area contributed by atoms with Gasteiger partial charge in [0.25, 0.3) is 0 Å². The first-order chi connectivity index (χ1) is 21.0. The van der Waals surface area contributed by atoms with Gasteiger partial charge in [-0.15, -0.1) is 0 Å². The molecule has 0 unspecified atom stereocenters. The molecule has 0 saturated carbocycles. The number of nitrogens with one attached hydrogen (secondary N) is 3. The number of amides is 1. The Morgan fingerprint density at radius 3 is 2.63 bits per heavy atom. The molecule has 0 aliphatic carbocycles. The second kappa shape index (κ2) is 11.4. The first-order valence-electron chi connectivity index (χ1n) is 14.9. The van der Waals surface area contributed by atoms with Gasteiger partial charge in [0.1, 0.15) is 5.69 Å². The predicted octanol–water partition coefficient (Wildman–Crippen LogP) is 6.81. The molecule has 1 fully saturated rings. The van der Waals surface area contributed by atoms with Crippen LogP contribution in [0.3, 0.4) is 0 Å². The van der Waals surface area contributed by atoms with Gasteiger partial charge >= 0.3 is 0 Å². The number of carbonyl (C=O) groups excluding carboxylic acids is 1. The summed E-state index contributed by atoms with van der Waals surface area (Å²) in [6, 6.07) is 16.8. The maximum absolute atomic E-state index is 12.2. The molecule has 4 aromatic heterocycles. The van der Waals surface area contributed by atoms with Gasteiger partial charge in [-0.3, -0.25) is 24.8 Å². The van der Waals surface area contributed by atoms with Crippen LogP contribution in [-0.2, 0) is 11.3 Å². The van der Waals surface area contributed by atoms with E-state index in [-0.39, 0.29) is 11.8 Å². The number of nitrogens with zero attached hydrogens (tertiary/aromatic N) is 5. The van der Waals surface area contributed by atoms with Crippen LogP contribution < -0.4 is 5.32 Å². The number of likely N-dealkylation sites (tertiary alicyclic amines) is 1. The van der Waals surface area contributed by atoms with Crippen molar-refractivity contribution in [1.82, 2.24) is 35.0 Å². The van der Waals surface area contributed by atoms with Crippen molar-refractivity contribution in [3.63, 3.8) is 0 Å². The van der Waals surface area contributed by atoms with Crippen molar-refractivity contribution in [3.8, 4) is 33.8 Å². The lowest BCUT2D eigenvalue weighted by Gasteiger charge is -2.26. The lowest BCUT2D eigenvalue weighted by Crippen LogP contribution is -2.29. The number of benzene rings is 2. The number of aromatic amines is 2. The zero-order valence-corrected chi connectivity index (χ0v) is 24.4. The number of piperidine rings is 1. The Balaban J connectivity index is 1.22. The minimum atomic E-state index is -0.114. The average molecular weight is 571 g/mol. The highest BCUT2D eigenvalue weighted by molar-refractivity contribution is 5.98. The van der Waals surface area contributed by atoms with E-state index in [1.807, 2.05) is 44.4 Å². The van der Waals surface area contributed by atoms with Gasteiger partial charge in [0, 0.05) is 41.4 Å². The van der Waals surface area contributed by atoms with Gasteiger partial charge in [-0.05, 0) is 66.9 Å². The van der Waals surface area contributed by atoms with Crippen molar-refractivity contribution in [3.05, 3.63) is 78.9 Å². The Morgan fingerprint density at radius 2 is 1.77 bits per heavy atom. The number of imidazole rings is 1. The van der Waals surface area contributed by atoms with Crippen molar-refractivity contribution in [2.45, 2.75) is 39.7 Å². The summed E-state index contributed by atoms with van der Waals surface area (Å²) in [6.07, 6.45) is 11.1. The Labute approximate surface area is 249 Å². The van der Waals surface area contributed by atoms with Crippen LogP contribution in [-0.4, -0.2) is 54.0 Å². The molecule has 6 aromatic rings. The number of hydrogen-bond acceptors (Lipinski definition) is 6. The predicted molar refractivity (Wildman–Crippen MR) is 170 cm³/mol. The molecule has 1 saturated heterocycles. The van der Waals surface area contributed by atoms with Crippen LogP contribution in [0.25, 0.3) is 55.7 Å². The highest BCUT2D eigenvalue weighted by Crippen LogP contribution is 2.33. The van der Waals surface area contributed by atoms with Gasteiger partial charge in [0.2, 0.25) is 5.91 Å². The van der Waals surface area contributed by atoms with Crippen LogP contribution in [0.2, 0.25) is 0 Å². The average Bonchev–Trinajstić information content (AvgIpc) is 3.65. The standard InChI is InChI=1S/C34H34N8O/c1-21(2)34(43)37-26-14-25(16-35-17-26)23-9-10-29-27(15-23)32(41-40-29)33-38-30-19-36-18-28(31(30)39-33)24-8-6-7-22(13-24)20-42-11-4-3-5-12-42/h6-10,13-19,21H,3-5,11-12,20H2,1-2H3,(H,37,43)(H,38,39)(H,40,41). The summed E-state index contributed by atoms with van der Waals surface area (Å²) < 4.78 is 0. The second-order valence-electron chi connectivity index (χ2n) is 11.6. The molecule has 0 radical (unpaired) electrons. The van der Waals surface area contributed by atoms with Crippen molar-refractivity contribution in [2.24, 2.45) is 5.92 Å². The summed E-state index contributed by atoms with van der Waals surface area (Å²) in [5.41, 5.74) is 9.30. The summed E-state index contributed by atoms with van der Waals surface area (Å²) in [5, 5.41) is 11.7. The molecule has 1 aliphatic rings. The maximum atomic E-state index is 12.2. The minimum Gasteiger partial charge on any atom is -0.335 e. The fourth-order valence-electron chi connectivity index (χ4n) is 5.80. The molecular formula is C34H34N8O. The molecule has 7 rings (SSSR count). The molecule has 0 bridgehead atoms. The third-order valence-electron chi connectivity index (χ3n) is 8.14. The van der Waals surface area contributed by atoms with Crippen molar-refractivity contribution < 1.29 is 4.79 Å². The van der Waals surface area contributed by atoms with Gasteiger partial charge in [-0.2, -0.15) is 5.10 Å². The zero-order valence-electron chi connectivity index (χ0n) is 24.4. The van der Waals surface area contributed by atoms with Crippen LogP contribution in [0.5, 0.6) is 0 Å². The van der Waals surface area contributed by atoms with Crippen LogP contribution in [0.1, 0.15) is 38.7 Å². The molecular weight excluding hydrogens is 536 g/mol. The van der Waals surface area contributed by atoms with Crippen molar-refractivity contribution in [2.75, 3.05) is 18.4 Å². The largest absolute Gasteiger partial charge is 0.335 e. The molecule has 43 heavy (non-hydrogen) atoms. The van der Waals surface area contributed by atoms with E-state index in [2.05, 4.69) is 65.7 Å². The molecule has 1 amide bonds. The number of fused-ring (bicyclic) bond motifs is 2. The Bertz CT molecular complexity index is 1930. The van der Waals surface area contributed by atoms with E-state index >= 15 is 0 Å². The molecule has 3 N–H and O–H groups in total. The SMILES string of the molecule is CC(C)C(=O)Nc1cncc(-c2ccc3[nH]nc(-c4nc5c(-c6cccc(CN7CCCCC7)c6)cncc5[nH]4)c3c2)c1. The van der Waals surface area contributed by atoms with Gasteiger partial charge in [-0.25, -0.2) is 4.98 Å². The Morgan fingerprint density at radius 1 is 0.907 bits per heavy atom. The number of rotatable bonds is 7. The van der Waals surface area contributed by atoms with E-state index < -0.39 is 0 Å². The van der Waals surface area contributed by atoms with Gasteiger partial charge in [0.05, 0.1) is 34.6 Å². The van der Waals surface area contributed by atoms with E-state index in [9.17, 15) is 4.79 Å². The first kappa shape index (κ1) is 27.0. The molecule has 0 atom stereocenters. The lowest BCUT2D eigenvalue weighted by molar-refractivity contribution is -0.118. The van der Waals surface area contributed by atoms with Crippen LogP contribution >= 0.6 is 0 Å². The van der Waals surface area contributed by atoms with Crippen molar-refractivity contribution in [1.29, 1.82) is 0 Å². The molecule has 216 valence electrons. The molecule has 9 nitrogen and oxygen atoms in total. The number of H-pyrrole nitrogens is 2. The normalized spacial score (nSPS) is 14.1. The van der Waals surface area contributed by atoms with E-state index in [4.69, 9.17) is 4.98 Å². The number of hydrogen-bond donors (Lipinski definition) is 3. The Kier molecular flexibility index (Phi) is 7.16. The van der Waals surface area contributed by atoms with Gasteiger partial charge < -0.3 is 10.3 Å². The number of aromatic nitrogens is 6. The third kappa shape index (κ3) is 5.51. The fourth-order valence-corrected chi connectivity index (χ4v) is 5.80. The number of carbonyl (C=O) groups is 1. The summed E-state index contributed by atoms with van der Waals surface area (Å²) >= 11 is 0. The van der Waals surface area contributed by atoms with E-state index in [0.29, 0.717) is 11.5 Å². The monoisotopic (exact) mass is 570 g/mol. The summed E-state index contributed by atoms with van der Waals surface area (Å²) in [7, 11) is 0. The second-order valence-corrected chi connectivity index (χ2v) is 11.6. The van der Waals surface area contributed by atoms with E-state index in [1.165, 1.54) is 37.9 Å². The van der Waals surface area contributed by atoms with E-state index in [1.54, 1.807) is 12.4 Å². The molecule has 1 aliphatic heterocycles. The smallest absolute Gasteiger partial charge is 0.226 e. The summed E-state index contributed by atoms with van der Waals surface area (Å²) in [6.45, 7) is 7.03. The maximum Gasteiger partial charge on any atom is 0.226 e. The first-order valence-corrected chi connectivity index (χ1v) is 14.9. The van der Waals surface area contributed by atoms with Gasteiger partial charge in [-0.1, -0.05) is 44.5 Å². The highest BCUT2D eigenvalue weighted by Gasteiger charge is 2.17. The van der Waals surface area contributed by atoms with E-state index in [0.717, 1.165) is 56.4 Å². The molecule has 2 aromatic carbocycles. The number of pyridine rings is 2. The molecule has 5 heterocycles. The zero-order chi connectivity index (χ0) is 29.3.